The number of halogens is 1. The Bertz CT molecular complexity index is 566. The molecule has 1 aromatic rings. The van der Waals surface area contributed by atoms with E-state index in [1.165, 1.54) is 0 Å². The summed E-state index contributed by atoms with van der Waals surface area (Å²) in [5, 5.41) is 2.76. The summed E-state index contributed by atoms with van der Waals surface area (Å²) in [5.74, 6) is 0.684. The van der Waals surface area contributed by atoms with Crippen molar-refractivity contribution in [2.24, 2.45) is 11.7 Å². The quantitative estimate of drug-likeness (QED) is 0.706. The number of amides is 2. The Kier molecular flexibility index (Phi) is 9.29. The number of nitrogens with zero attached hydrogens (tertiary/aromatic N) is 4. The van der Waals surface area contributed by atoms with Crippen molar-refractivity contribution >= 4 is 30.2 Å². The van der Waals surface area contributed by atoms with Crippen molar-refractivity contribution in [2.75, 3.05) is 37.6 Å². The maximum atomic E-state index is 12.3. The molecule has 3 N–H and O–H groups in total. The minimum Gasteiger partial charge on any atom is -0.354 e. The Hall–Kier alpha value is -1.93. The van der Waals surface area contributed by atoms with Crippen LogP contribution in [-0.2, 0) is 9.59 Å². The molecule has 0 radical (unpaired) electrons. The lowest BCUT2D eigenvalue weighted by Gasteiger charge is -2.34. The van der Waals surface area contributed by atoms with E-state index < -0.39 is 6.04 Å². The lowest BCUT2D eigenvalue weighted by molar-refractivity contribution is -0.131. The van der Waals surface area contributed by atoms with Crippen molar-refractivity contribution in [1.82, 2.24) is 20.2 Å². The Morgan fingerprint density at radius 1 is 1.23 bits per heavy atom. The molecular formula is C17H29ClN6O2. The van der Waals surface area contributed by atoms with Gasteiger partial charge in [-0.25, -0.2) is 9.97 Å². The van der Waals surface area contributed by atoms with Gasteiger partial charge in [0.15, 0.2) is 0 Å². The number of hydrogen-bond acceptors (Lipinski definition) is 6. The zero-order valence-corrected chi connectivity index (χ0v) is 16.2. The van der Waals surface area contributed by atoms with E-state index in [4.69, 9.17) is 5.73 Å². The summed E-state index contributed by atoms with van der Waals surface area (Å²) in [7, 11) is 0. The predicted octanol–water partition coefficient (Wildman–Crippen LogP) is 0.427. The van der Waals surface area contributed by atoms with Crippen LogP contribution in [0.2, 0.25) is 0 Å². The molecule has 2 heterocycles. The molecule has 0 aromatic carbocycles. The molecule has 1 saturated heterocycles. The average Bonchev–Trinajstić information content (AvgIpc) is 2.67. The Balaban J connectivity index is 0.00000338. The fraction of sp³-hybridized carbons (Fsp3) is 0.647. The van der Waals surface area contributed by atoms with Gasteiger partial charge in [-0.3, -0.25) is 9.59 Å². The molecule has 1 aliphatic heterocycles. The van der Waals surface area contributed by atoms with Gasteiger partial charge in [0, 0.05) is 51.5 Å². The van der Waals surface area contributed by atoms with E-state index >= 15 is 0 Å². The number of nitrogens with one attached hydrogen (secondary N) is 1. The van der Waals surface area contributed by atoms with Gasteiger partial charge in [0.25, 0.3) is 0 Å². The summed E-state index contributed by atoms with van der Waals surface area (Å²) in [4.78, 5) is 36.5. The first-order chi connectivity index (χ1) is 12.0. The van der Waals surface area contributed by atoms with Crippen LogP contribution in [0.4, 0.5) is 5.95 Å². The van der Waals surface area contributed by atoms with Gasteiger partial charge in [0.2, 0.25) is 17.8 Å². The lowest BCUT2D eigenvalue weighted by Crippen LogP contribution is -2.50. The highest BCUT2D eigenvalue weighted by molar-refractivity contribution is 5.85. The SMILES string of the molecule is CCC(C)C(N)C(=O)NCCC(=O)N1CCN(c2ncccn2)CC1.Cl. The van der Waals surface area contributed by atoms with E-state index in [1.807, 2.05) is 18.7 Å². The normalized spacial score (nSPS) is 16.4. The summed E-state index contributed by atoms with van der Waals surface area (Å²) >= 11 is 0. The summed E-state index contributed by atoms with van der Waals surface area (Å²) in [6.45, 7) is 6.97. The monoisotopic (exact) mass is 384 g/mol. The van der Waals surface area contributed by atoms with Gasteiger partial charge in [-0.05, 0) is 12.0 Å². The van der Waals surface area contributed by atoms with Crippen molar-refractivity contribution in [1.29, 1.82) is 0 Å². The lowest BCUT2D eigenvalue weighted by atomic mass is 9.99. The molecule has 9 heteroatoms. The zero-order chi connectivity index (χ0) is 18.2. The second-order valence-electron chi connectivity index (χ2n) is 6.37. The second kappa shape index (κ2) is 10.9. The first-order valence-electron chi connectivity index (χ1n) is 8.86. The van der Waals surface area contributed by atoms with E-state index in [1.54, 1.807) is 18.5 Å². The minimum atomic E-state index is -0.519. The van der Waals surface area contributed by atoms with Crippen molar-refractivity contribution in [3.63, 3.8) is 0 Å². The van der Waals surface area contributed by atoms with Gasteiger partial charge < -0.3 is 20.9 Å². The number of carbonyl (C=O) groups is 2. The van der Waals surface area contributed by atoms with Gasteiger partial charge in [-0.1, -0.05) is 20.3 Å². The third kappa shape index (κ3) is 6.10. The third-order valence-electron chi connectivity index (χ3n) is 4.67. The van der Waals surface area contributed by atoms with Crippen LogP contribution in [0, 0.1) is 5.92 Å². The molecule has 1 fully saturated rings. The third-order valence-corrected chi connectivity index (χ3v) is 4.67. The fourth-order valence-corrected chi connectivity index (χ4v) is 2.69. The predicted molar refractivity (Wildman–Crippen MR) is 103 cm³/mol. The topological polar surface area (TPSA) is 104 Å². The first-order valence-corrected chi connectivity index (χ1v) is 8.86. The molecule has 0 saturated carbocycles. The van der Waals surface area contributed by atoms with Crippen LogP contribution in [0.3, 0.4) is 0 Å². The van der Waals surface area contributed by atoms with Gasteiger partial charge in [0.05, 0.1) is 6.04 Å². The number of hydrogen-bond donors (Lipinski definition) is 2. The molecular weight excluding hydrogens is 356 g/mol. The van der Waals surface area contributed by atoms with Crippen LogP contribution in [0.25, 0.3) is 0 Å². The zero-order valence-electron chi connectivity index (χ0n) is 15.4. The molecule has 1 aliphatic rings. The highest BCUT2D eigenvalue weighted by atomic mass is 35.5. The van der Waals surface area contributed by atoms with E-state index in [0.717, 1.165) is 6.42 Å². The van der Waals surface area contributed by atoms with Gasteiger partial charge in [0.1, 0.15) is 0 Å². The minimum absolute atomic E-state index is 0. The van der Waals surface area contributed by atoms with Crippen molar-refractivity contribution in [3.05, 3.63) is 18.5 Å². The standard InChI is InChI=1S/C17H28N6O2.ClH/c1-3-13(2)15(18)16(25)19-8-5-14(24)22-9-11-23(12-10-22)17-20-6-4-7-21-17;/h4,6-7,13,15H,3,5,8-12,18H2,1-2H3,(H,19,25);1H. The molecule has 0 spiro atoms. The largest absolute Gasteiger partial charge is 0.354 e. The van der Waals surface area contributed by atoms with Gasteiger partial charge in [-0.15, -0.1) is 12.4 Å². The van der Waals surface area contributed by atoms with E-state index in [9.17, 15) is 9.59 Å². The van der Waals surface area contributed by atoms with Gasteiger partial charge in [-0.2, -0.15) is 0 Å². The van der Waals surface area contributed by atoms with E-state index in [-0.39, 0.29) is 30.1 Å². The second-order valence-corrected chi connectivity index (χ2v) is 6.37. The Morgan fingerprint density at radius 2 is 1.85 bits per heavy atom. The van der Waals surface area contributed by atoms with Crippen LogP contribution >= 0.6 is 12.4 Å². The maximum Gasteiger partial charge on any atom is 0.237 e. The van der Waals surface area contributed by atoms with Crippen LogP contribution in [-0.4, -0.2) is 65.4 Å². The Labute approximate surface area is 160 Å². The summed E-state index contributed by atoms with van der Waals surface area (Å²) in [6, 6.07) is 1.26. The molecule has 26 heavy (non-hydrogen) atoms. The van der Waals surface area contributed by atoms with Crippen LogP contribution in [0.15, 0.2) is 18.5 Å². The van der Waals surface area contributed by atoms with Crippen LogP contribution in [0.5, 0.6) is 0 Å². The maximum absolute atomic E-state index is 12.3. The van der Waals surface area contributed by atoms with Crippen molar-refractivity contribution < 1.29 is 9.59 Å². The van der Waals surface area contributed by atoms with Crippen LogP contribution < -0.4 is 16.0 Å². The Morgan fingerprint density at radius 3 is 2.42 bits per heavy atom. The molecule has 8 nitrogen and oxygen atoms in total. The number of anilines is 1. The van der Waals surface area contributed by atoms with Crippen molar-refractivity contribution in [3.8, 4) is 0 Å². The molecule has 2 unspecified atom stereocenters. The fourth-order valence-electron chi connectivity index (χ4n) is 2.69. The van der Waals surface area contributed by atoms with Crippen LogP contribution in [0.1, 0.15) is 26.7 Å². The number of nitrogens with two attached hydrogens (primary N) is 1. The smallest absolute Gasteiger partial charge is 0.237 e. The highest BCUT2D eigenvalue weighted by Crippen LogP contribution is 2.10. The highest BCUT2D eigenvalue weighted by Gasteiger charge is 2.23. The average molecular weight is 385 g/mol. The summed E-state index contributed by atoms with van der Waals surface area (Å²) < 4.78 is 0. The summed E-state index contributed by atoms with van der Waals surface area (Å²) in [6.07, 6.45) is 4.57. The molecule has 146 valence electrons. The molecule has 2 amide bonds. The van der Waals surface area contributed by atoms with E-state index in [0.29, 0.717) is 45.1 Å². The first kappa shape index (κ1) is 22.1. The molecule has 2 rings (SSSR count). The van der Waals surface area contributed by atoms with E-state index in [2.05, 4.69) is 20.2 Å². The molecule has 0 aliphatic carbocycles. The number of aromatic nitrogens is 2. The number of carbonyl (C=O) groups excluding carboxylic acids is 2. The molecule has 0 bridgehead atoms. The van der Waals surface area contributed by atoms with Gasteiger partial charge >= 0.3 is 0 Å². The number of rotatable bonds is 7. The molecule has 2 atom stereocenters. The summed E-state index contributed by atoms with van der Waals surface area (Å²) in [5.41, 5.74) is 5.88. The van der Waals surface area contributed by atoms with Crippen molar-refractivity contribution in [2.45, 2.75) is 32.7 Å². The number of piperazine rings is 1. The molecule has 1 aromatic heterocycles.